The van der Waals surface area contributed by atoms with E-state index in [1.54, 1.807) is 12.1 Å². The van der Waals surface area contributed by atoms with E-state index in [-0.39, 0.29) is 42.2 Å². The minimum atomic E-state index is -0.984. The number of carbonyl (C=O) groups is 3. The number of benzene rings is 1. The first-order valence-electron chi connectivity index (χ1n) is 8.80. The Morgan fingerprint density at radius 3 is 2.65 bits per heavy atom. The zero-order valence-electron chi connectivity index (χ0n) is 14.4. The van der Waals surface area contributed by atoms with Crippen LogP contribution in [0.15, 0.2) is 24.3 Å². The molecule has 0 radical (unpaired) electrons. The number of carbonyl (C=O) groups excluding carboxylic acids is 2. The molecule has 8 heteroatoms. The van der Waals surface area contributed by atoms with Crippen LogP contribution in [0.5, 0.6) is 0 Å². The van der Waals surface area contributed by atoms with E-state index in [2.05, 4.69) is 16.0 Å². The van der Waals surface area contributed by atoms with E-state index in [1.807, 2.05) is 0 Å². The maximum atomic E-state index is 12.2. The lowest BCUT2D eigenvalue weighted by atomic mass is 9.92. The molecule has 8 nitrogen and oxygen atoms in total. The maximum Gasteiger partial charge on any atom is 0.335 e. The summed E-state index contributed by atoms with van der Waals surface area (Å²) in [5.41, 5.74) is 1.01. The van der Waals surface area contributed by atoms with E-state index in [4.69, 9.17) is 9.84 Å². The molecule has 0 aliphatic carbocycles. The molecule has 2 fully saturated rings. The Kier molecular flexibility index (Phi) is 5.72. The third-order valence-corrected chi connectivity index (χ3v) is 4.78. The molecule has 2 aliphatic rings. The highest BCUT2D eigenvalue weighted by molar-refractivity contribution is 5.87. The Hall–Kier alpha value is -2.61. The zero-order valence-corrected chi connectivity index (χ0v) is 14.4. The van der Waals surface area contributed by atoms with Crippen molar-refractivity contribution in [2.24, 2.45) is 0 Å². The topological polar surface area (TPSA) is 117 Å². The molecular weight excluding hydrogens is 338 g/mol. The van der Waals surface area contributed by atoms with Crippen LogP contribution < -0.4 is 16.0 Å². The summed E-state index contributed by atoms with van der Waals surface area (Å²) in [6, 6.07) is 5.63. The Bertz CT molecular complexity index is 670. The van der Waals surface area contributed by atoms with Crippen LogP contribution in [0.25, 0.3) is 0 Å². The summed E-state index contributed by atoms with van der Waals surface area (Å²) in [6.07, 6.45) is 2.73. The summed E-state index contributed by atoms with van der Waals surface area (Å²) < 4.78 is 5.68. The molecule has 0 aromatic heterocycles. The number of piperidine rings is 1. The molecule has 3 rings (SSSR count). The summed E-state index contributed by atoms with van der Waals surface area (Å²) in [7, 11) is 0. The van der Waals surface area contributed by atoms with Gasteiger partial charge < -0.3 is 25.8 Å². The maximum absolute atomic E-state index is 12.2. The van der Waals surface area contributed by atoms with Crippen LogP contribution in [0.3, 0.4) is 0 Å². The molecule has 140 valence electrons. The van der Waals surface area contributed by atoms with Crippen molar-refractivity contribution in [3.8, 4) is 0 Å². The normalized spacial score (nSPS) is 25.4. The first kappa shape index (κ1) is 18.2. The van der Waals surface area contributed by atoms with Crippen molar-refractivity contribution in [2.75, 3.05) is 6.61 Å². The third kappa shape index (κ3) is 4.51. The number of carboxylic acids is 1. The van der Waals surface area contributed by atoms with Gasteiger partial charge in [-0.2, -0.15) is 0 Å². The van der Waals surface area contributed by atoms with Gasteiger partial charge in [0, 0.05) is 19.6 Å². The van der Waals surface area contributed by atoms with Crippen molar-refractivity contribution in [1.82, 2.24) is 16.0 Å². The first-order chi connectivity index (χ1) is 12.5. The van der Waals surface area contributed by atoms with Crippen LogP contribution in [0.2, 0.25) is 0 Å². The minimum absolute atomic E-state index is 0.0116. The number of ether oxygens (including phenoxy) is 1. The van der Waals surface area contributed by atoms with Gasteiger partial charge in [-0.25, -0.2) is 9.59 Å². The monoisotopic (exact) mass is 361 g/mol. The van der Waals surface area contributed by atoms with Crippen LogP contribution in [0.1, 0.15) is 41.6 Å². The summed E-state index contributed by atoms with van der Waals surface area (Å²) in [5.74, 6) is -0.996. The lowest BCUT2D eigenvalue weighted by Crippen LogP contribution is -2.61. The van der Waals surface area contributed by atoms with Gasteiger partial charge in [0.05, 0.1) is 23.8 Å². The number of aromatic carboxylic acids is 1. The number of amides is 3. The SMILES string of the molecule is O=C1CCC(NC(=O)NCc2ccc(C(=O)O)cc2)C(C2CCCO2)N1. The van der Waals surface area contributed by atoms with Gasteiger partial charge in [0.25, 0.3) is 0 Å². The Balaban J connectivity index is 1.52. The Labute approximate surface area is 151 Å². The predicted octanol–water partition coefficient (Wildman–Crippen LogP) is 1.01. The van der Waals surface area contributed by atoms with Gasteiger partial charge in [-0.05, 0) is 37.0 Å². The van der Waals surface area contributed by atoms with Crippen LogP contribution >= 0.6 is 0 Å². The second-order valence-corrected chi connectivity index (χ2v) is 6.62. The van der Waals surface area contributed by atoms with E-state index in [1.165, 1.54) is 12.1 Å². The lowest BCUT2D eigenvalue weighted by molar-refractivity contribution is -0.125. The van der Waals surface area contributed by atoms with Gasteiger partial charge in [-0.15, -0.1) is 0 Å². The van der Waals surface area contributed by atoms with Crippen molar-refractivity contribution in [1.29, 1.82) is 0 Å². The van der Waals surface area contributed by atoms with Crippen molar-refractivity contribution < 1.29 is 24.2 Å². The van der Waals surface area contributed by atoms with Gasteiger partial charge in [0.2, 0.25) is 5.91 Å². The first-order valence-corrected chi connectivity index (χ1v) is 8.80. The average molecular weight is 361 g/mol. The fraction of sp³-hybridized carbons (Fsp3) is 0.500. The molecule has 4 N–H and O–H groups in total. The molecule has 26 heavy (non-hydrogen) atoms. The zero-order chi connectivity index (χ0) is 18.5. The standard InChI is InChI=1S/C18H23N3O5/c22-15-8-7-13(16(21-15)14-2-1-9-26-14)20-18(25)19-10-11-3-5-12(6-4-11)17(23)24/h3-6,13-14,16H,1-2,7-10H2,(H,21,22)(H,23,24)(H2,19,20,25). The number of urea groups is 1. The quantitative estimate of drug-likeness (QED) is 0.624. The highest BCUT2D eigenvalue weighted by Gasteiger charge is 2.37. The van der Waals surface area contributed by atoms with Gasteiger partial charge in [-0.1, -0.05) is 12.1 Å². The predicted molar refractivity (Wildman–Crippen MR) is 92.7 cm³/mol. The van der Waals surface area contributed by atoms with E-state index >= 15 is 0 Å². The van der Waals surface area contributed by atoms with E-state index in [0.717, 1.165) is 18.4 Å². The highest BCUT2D eigenvalue weighted by Crippen LogP contribution is 2.22. The fourth-order valence-electron chi connectivity index (χ4n) is 3.39. The van der Waals surface area contributed by atoms with E-state index < -0.39 is 5.97 Å². The molecular formula is C18H23N3O5. The van der Waals surface area contributed by atoms with Gasteiger partial charge in [-0.3, -0.25) is 4.79 Å². The number of carboxylic acid groups (broad SMARTS) is 1. The van der Waals surface area contributed by atoms with Crippen LogP contribution in [0, 0.1) is 0 Å². The summed E-state index contributed by atoms with van der Waals surface area (Å²) in [4.78, 5) is 34.8. The third-order valence-electron chi connectivity index (χ3n) is 4.78. The molecule has 0 bridgehead atoms. The molecule has 2 aliphatic heterocycles. The molecule has 3 amide bonds. The summed E-state index contributed by atoms with van der Waals surface area (Å²) >= 11 is 0. The molecule has 0 spiro atoms. The number of hydrogen-bond acceptors (Lipinski definition) is 4. The van der Waals surface area contributed by atoms with Crippen molar-refractivity contribution in [2.45, 2.75) is 50.4 Å². The fourth-order valence-corrected chi connectivity index (χ4v) is 3.39. The molecule has 1 aromatic rings. The number of rotatable bonds is 5. The van der Waals surface area contributed by atoms with Crippen LogP contribution in [-0.4, -0.2) is 47.8 Å². The highest BCUT2D eigenvalue weighted by atomic mass is 16.5. The van der Waals surface area contributed by atoms with Gasteiger partial charge in [0.1, 0.15) is 0 Å². The van der Waals surface area contributed by atoms with Gasteiger partial charge >= 0.3 is 12.0 Å². The second kappa shape index (κ2) is 8.18. The average Bonchev–Trinajstić information content (AvgIpc) is 3.16. The second-order valence-electron chi connectivity index (χ2n) is 6.62. The van der Waals surface area contributed by atoms with Crippen LogP contribution in [-0.2, 0) is 16.1 Å². The van der Waals surface area contributed by atoms with Gasteiger partial charge in [0.15, 0.2) is 0 Å². The molecule has 1 aromatic carbocycles. The number of hydrogen-bond donors (Lipinski definition) is 4. The van der Waals surface area contributed by atoms with E-state index in [0.29, 0.717) is 19.4 Å². The number of nitrogens with one attached hydrogen (secondary N) is 3. The molecule has 3 atom stereocenters. The Morgan fingerprint density at radius 2 is 2.00 bits per heavy atom. The smallest absolute Gasteiger partial charge is 0.335 e. The van der Waals surface area contributed by atoms with Crippen LogP contribution in [0.4, 0.5) is 4.79 Å². The van der Waals surface area contributed by atoms with Crippen molar-refractivity contribution in [3.63, 3.8) is 0 Å². The van der Waals surface area contributed by atoms with Crippen molar-refractivity contribution in [3.05, 3.63) is 35.4 Å². The Morgan fingerprint density at radius 1 is 1.23 bits per heavy atom. The summed E-state index contributed by atoms with van der Waals surface area (Å²) in [6.45, 7) is 0.970. The van der Waals surface area contributed by atoms with E-state index in [9.17, 15) is 14.4 Å². The lowest BCUT2D eigenvalue weighted by Gasteiger charge is -2.36. The van der Waals surface area contributed by atoms with Crippen molar-refractivity contribution >= 4 is 17.9 Å². The molecule has 2 heterocycles. The molecule has 0 saturated carbocycles. The summed E-state index contributed by atoms with van der Waals surface area (Å²) in [5, 5.41) is 17.5. The minimum Gasteiger partial charge on any atom is -0.478 e. The molecule has 2 saturated heterocycles. The molecule has 3 unspecified atom stereocenters. The largest absolute Gasteiger partial charge is 0.478 e.